The molecule has 0 unspecified atom stereocenters. The van der Waals surface area contributed by atoms with E-state index in [0.717, 1.165) is 25.9 Å². The van der Waals surface area contributed by atoms with Gasteiger partial charge in [0.2, 0.25) is 0 Å². The second-order valence-electron chi connectivity index (χ2n) is 3.41. The zero-order valence-electron chi connectivity index (χ0n) is 7.38. The minimum Gasteiger partial charge on any atom is -0.378 e. The van der Waals surface area contributed by atoms with E-state index in [1.165, 1.54) is 12.8 Å². The van der Waals surface area contributed by atoms with Gasteiger partial charge in [0.05, 0.1) is 6.10 Å². The molecule has 1 rings (SSSR count). The third-order valence-electron chi connectivity index (χ3n) is 2.28. The van der Waals surface area contributed by atoms with Gasteiger partial charge in [-0.1, -0.05) is 6.92 Å². The largest absolute Gasteiger partial charge is 0.378 e. The van der Waals surface area contributed by atoms with Crippen molar-refractivity contribution in [2.75, 3.05) is 6.61 Å². The molecule has 2 nitrogen and oxygen atoms in total. The van der Waals surface area contributed by atoms with Crippen molar-refractivity contribution >= 4 is 0 Å². The van der Waals surface area contributed by atoms with E-state index in [1.54, 1.807) is 0 Å². The minimum absolute atomic E-state index is 0.441. The van der Waals surface area contributed by atoms with Gasteiger partial charge in [0.25, 0.3) is 0 Å². The maximum Gasteiger partial charge on any atom is 0.0576 e. The molecule has 0 heterocycles. The molecule has 1 saturated carbocycles. The van der Waals surface area contributed by atoms with Gasteiger partial charge >= 0.3 is 0 Å². The molecule has 0 atom stereocenters. The maximum atomic E-state index is 5.77. The monoisotopic (exact) mass is 157 g/mol. The zero-order chi connectivity index (χ0) is 8.10. The second kappa shape index (κ2) is 4.73. The predicted molar refractivity (Wildman–Crippen MR) is 46.5 cm³/mol. The summed E-state index contributed by atoms with van der Waals surface area (Å²) in [6.07, 6.45) is 6.27. The maximum absolute atomic E-state index is 5.77. The molecule has 0 aromatic rings. The smallest absolute Gasteiger partial charge is 0.0576 e. The van der Waals surface area contributed by atoms with Crippen LogP contribution in [0, 0.1) is 0 Å². The summed E-state index contributed by atoms with van der Waals surface area (Å²) in [5, 5.41) is 0. The van der Waals surface area contributed by atoms with Crippen LogP contribution in [-0.2, 0) is 4.74 Å². The van der Waals surface area contributed by atoms with Crippen molar-refractivity contribution in [3.8, 4) is 0 Å². The van der Waals surface area contributed by atoms with E-state index in [1.807, 2.05) is 0 Å². The Morgan fingerprint density at radius 1 is 1.27 bits per heavy atom. The van der Waals surface area contributed by atoms with Crippen LogP contribution in [-0.4, -0.2) is 18.8 Å². The highest BCUT2D eigenvalue weighted by Crippen LogP contribution is 2.19. The fourth-order valence-corrected chi connectivity index (χ4v) is 1.54. The third-order valence-corrected chi connectivity index (χ3v) is 2.28. The molecule has 0 aromatic heterocycles. The van der Waals surface area contributed by atoms with Gasteiger partial charge in [-0.3, -0.25) is 0 Å². The molecule has 0 bridgehead atoms. The number of nitrogens with two attached hydrogens (primary N) is 1. The molecule has 0 amide bonds. The molecule has 1 aliphatic rings. The molecule has 0 saturated heterocycles. The molecule has 1 fully saturated rings. The zero-order valence-corrected chi connectivity index (χ0v) is 7.38. The molecule has 0 radical (unpaired) electrons. The molecule has 66 valence electrons. The van der Waals surface area contributed by atoms with Crippen molar-refractivity contribution in [1.29, 1.82) is 0 Å². The van der Waals surface area contributed by atoms with Gasteiger partial charge in [0.1, 0.15) is 0 Å². The molecule has 11 heavy (non-hydrogen) atoms. The van der Waals surface area contributed by atoms with Gasteiger partial charge in [-0.05, 0) is 32.1 Å². The van der Waals surface area contributed by atoms with E-state index >= 15 is 0 Å². The Morgan fingerprint density at radius 2 is 1.91 bits per heavy atom. The van der Waals surface area contributed by atoms with Crippen LogP contribution in [0.1, 0.15) is 39.0 Å². The summed E-state index contributed by atoms with van der Waals surface area (Å²) < 4.78 is 5.62. The van der Waals surface area contributed by atoms with E-state index in [0.29, 0.717) is 12.1 Å². The summed E-state index contributed by atoms with van der Waals surface area (Å²) in [7, 11) is 0. The molecule has 2 N–H and O–H groups in total. The Labute approximate surface area is 69.1 Å². The van der Waals surface area contributed by atoms with Crippen LogP contribution in [0.4, 0.5) is 0 Å². The van der Waals surface area contributed by atoms with E-state index in [9.17, 15) is 0 Å². The van der Waals surface area contributed by atoms with E-state index in [-0.39, 0.29) is 0 Å². The Hall–Kier alpha value is -0.0800. The molecule has 0 aromatic carbocycles. The summed E-state index contributed by atoms with van der Waals surface area (Å²) >= 11 is 0. The first-order chi connectivity index (χ1) is 5.33. The fraction of sp³-hybridized carbons (Fsp3) is 1.00. The van der Waals surface area contributed by atoms with Crippen LogP contribution in [0.15, 0.2) is 0 Å². The second-order valence-corrected chi connectivity index (χ2v) is 3.41. The first kappa shape index (κ1) is 9.01. The topological polar surface area (TPSA) is 35.2 Å². The highest BCUT2D eigenvalue weighted by atomic mass is 16.5. The number of hydrogen-bond donors (Lipinski definition) is 1. The average molecular weight is 157 g/mol. The van der Waals surface area contributed by atoms with Crippen LogP contribution in [0.3, 0.4) is 0 Å². The molecular weight excluding hydrogens is 138 g/mol. The minimum atomic E-state index is 0.441. The van der Waals surface area contributed by atoms with Crippen molar-refractivity contribution in [1.82, 2.24) is 0 Å². The molecule has 0 aliphatic heterocycles. The van der Waals surface area contributed by atoms with Gasteiger partial charge in [0.15, 0.2) is 0 Å². The lowest BCUT2D eigenvalue weighted by Crippen LogP contribution is -2.30. The Balaban J connectivity index is 2.07. The first-order valence-electron chi connectivity index (χ1n) is 4.70. The quantitative estimate of drug-likeness (QED) is 0.676. The summed E-state index contributed by atoms with van der Waals surface area (Å²) in [5.74, 6) is 0. The van der Waals surface area contributed by atoms with Crippen LogP contribution in [0.5, 0.6) is 0 Å². The van der Waals surface area contributed by atoms with Crippen molar-refractivity contribution in [2.45, 2.75) is 51.2 Å². The lowest BCUT2D eigenvalue weighted by Gasteiger charge is -2.25. The highest BCUT2D eigenvalue weighted by Gasteiger charge is 2.17. The summed E-state index contributed by atoms with van der Waals surface area (Å²) in [5.41, 5.74) is 5.77. The normalized spacial score (nSPS) is 32.2. The van der Waals surface area contributed by atoms with Crippen LogP contribution >= 0.6 is 0 Å². The van der Waals surface area contributed by atoms with Gasteiger partial charge in [-0.15, -0.1) is 0 Å². The van der Waals surface area contributed by atoms with Gasteiger partial charge in [-0.25, -0.2) is 0 Å². The van der Waals surface area contributed by atoms with Crippen LogP contribution < -0.4 is 5.73 Å². The Kier molecular flexibility index (Phi) is 3.87. The number of ether oxygens (including phenoxy) is 1. The van der Waals surface area contributed by atoms with E-state index in [4.69, 9.17) is 10.5 Å². The molecule has 2 heteroatoms. The van der Waals surface area contributed by atoms with E-state index < -0.39 is 0 Å². The van der Waals surface area contributed by atoms with Crippen molar-refractivity contribution < 1.29 is 4.74 Å². The standard InChI is InChI=1S/C9H19NO/c1-2-7-11-9-5-3-8(10)4-6-9/h8-9H,2-7,10H2,1H3/t8-,9-. The van der Waals surface area contributed by atoms with Crippen LogP contribution in [0.2, 0.25) is 0 Å². The summed E-state index contributed by atoms with van der Waals surface area (Å²) in [6, 6.07) is 0.441. The predicted octanol–water partition coefficient (Wildman–Crippen LogP) is 1.68. The SMILES string of the molecule is CCCO[C@H]1CC[C@H](N)CC1. The Bertz CT molecular complexity index is 95.0. The molecule has 0 spiro atoms. The molecular formula is C9H19NO. The van der Waals surface area contributed by atoms with Gasteiger partial charge in [0, 0.05) is 12.6 Å². The van der Waals surface area contributed by atoms with E-state index in [2.05, 4.69) is 6.92 Å². The first-order valence-corrected chi connectivity index (χ1v) is 4.70. The Morgan fingerprint density at radius 3 is 2.45 bits per heavy atom. The lowest BCUT2D eigenvalue weighted by atomic mass is 9.94. The average Bonchev–Trinajstić information content (AvgIpc) is 2.04. The van der Waals surface area contributed by atoms with Crippen molar-refractivity contribution in [3.63, 3.8) is 0 Å². The molecule has 1 aliphatic carbocycles. The number of hydrogen-bond acceptors (Lipinski definition) is 2. The number of rotatable bonds is 3. The van der Waals surface area contributed by atoms with Gasteiger partial charge in [-0.2, -0.15) is 0 Å². The highest BCUT2D eigenvalue weighted by molar-refractivity contribution is 4.74. The summed E-state index contributed by atoms with van der Waals surface area (Å²) in [6.45, 7) is 3.06. The fourth-order valence-electron chi connectivity index (χ4n) is 1.54. The lowest BCUT2D eigenvalue weighted by molar-refractivity contribution is 0.0256. The van der Waals surface area contributed by atoms with Gasteiger partial charge < -0.3 is 10.5 Å². The summed E-state index contributed by atoms with van der Waals surface area (Å²) in [4.78, 5) is 0. The third kappa shape index (κ3) is 3.21. The van der Waals surface area contributed by atoms with Crippen LogP contribution in [0.25, 0.3) is 0 Å². The van der Waals surface area contributed by atoms with Crippen molar-refractivity contribution in [3.05, 3.63) is 0 Å². The van der Waals surface area contributed by atoms with Crippen molar-refractivity contribution in [2.24, 2.45) is 5.73 Å².